The summed E-state index contributed by atoms with van der Waals surface area (Å²) in [5, 5.41) is 11.0. The number of carbonyl (C=O) groups is 2. The van der Waals surface area contributed by atoms with E-state index in [9.17, 15) is 22.8 Å². The van der Waals surface area contributed by atoms with Gasteiger partial charge in [-0.25, -0.2) is 4.79 Å². The van der Waals surface area contributed by atoms with Gasteiger partial charge >= 0.3 is 12.1 Å². The first-order valence-electron chi connectivity index (χ1n) is 5.20. The minimum absolute atomic E-state index is 0.00714. The molecule has 104 valence electrons. The van der Waals surface area contributed by atoms with E-state index in [1.54, 1.807) is 0 Å². The first kappa shape index (κ1) is 15.0. The molecule has 0 spiro atoms. The molecule has 0 aliphatic carbocycles. The number of carboxylic acid groups (broad SMARTS) is 1. The number of hydrogen-bond donors (Lipinski definition) is 3. The van der Waals surface area contributed by atoms with Crippen LogP contribution in [-0.2, 0) is 11.0 Å². The molecule has 0 atom stereocenters. The number of aromatic carboxylic acids is 1. The molecule has 0 aliphatic heterocycles. The molecule has 1 aromatic carbocycles. The highest BCUT2D eigenvalue weighted by Crippen LogP contribution is 2.32. The summed E-state index contributed by atoms with van der Waals surface area (Å²) in [5.74, 6) is -2.08. The number of alkyl halides is 3. The van der Waals surface area contributed by atoms with Crippen LogP contribution in [0, 0.1) is 0 Å². The predicted octanol–water partition coefficient (Wildman–Crippen LogP) is 1.69. The molecule has 5 nitrogen and oxygen atoms in total. The highest BCUT2D eigenvalue weighted by molar-refractivity contribution is 6.00. The van der Waals surface area contributed by atoms with Crippen molar-refractivity contribution in [2.24, 2.45) is 5.73 Å². The predicted molar refractivity (Wildman–Crippen MR) is 60.7 cm³/mol. The van der Waals surface area contributed by atoms with Crippen LogP contribution in [0.5, 0.6) is 0 Å². The monoisotopic (exact) mass is 276 g/mol. The number of nitrogens with one attached hydrogen (secondary N) is 1. The minimum Gasteiger partial charge on any atom is -0.478 e. The van der Waals surface area contributed by atoms with E-state index in [0.717, 1.165) is 6.07 Å². The molecule has 19 heavy (non-hydrogen) atoms. The second-order valence-electron chi connectivity index (χ2n) is 3.65. The normalized spacial score (nSPS) is 11.2. The molecule has 0 saturated carbocycles. The molecular weight excluding hydrogens is 265 g/mol. The Hall–Kier alpha value is -2.09. The summed E-state index contributed by atoms with van der Waals surface area (Å²) in [5.41, 5.74) is 3.26. The number of benzene rings is 1. The Bertz CT molecular complexity index is 500. The summed E-state index contributed by atoms with van der Waals surface area (Å²) in [6.45, 7) is 0.00714. The van der Waals surface area contributed by atoms with E-state index >= 15 is 0 Å². The molecule has 0 bridgehead atoms. The molecule has 1 amide bonds. The molecule has 0 unspecified atom stereocenters. The van der Waals surface area contributed by atoms with Crippen molar-refractivity contribution >= 4 is 17.6 Å². The second-order valence-corrected chi connectivity index (χ2v) is 3.65. The van der Waals surface area contributed by atoms with Crippen LogP contribution in [0.2, 0.25) is 0 Å². The molecule has 0 aliphatic rings. The van der Waals surface area contributed by atoms with Crippen molar-refractivity contribution in [3.63, 3.8) is 0 Å². The Labute approximate surface area is 106 Å². The summed E-state index contributed by atoms with van der Waals surface area (Å²) >= 11 is 0. The fourth-order valence-electron chi connectivity index (χ4n) is 1.35. The molecule has 8 heteroatoms. The van der Waals surface area contributed by atoms with Gasteiger partial charge in [0.05, 0.1) is 16.8 Å². The zero-order chi connectivity index (χ0) is 14.6. The molecule has 0 saturated heterocycles. The lowest BCUT2D eigenvalue weighted by molar-refractivity contribution is -0.137. The SMILES string of the molecule is NCCC(=O)Nc1cc(C(F)(F)F)ccc1C(=O)O. The van der Waals surface area contributed by atoms with Gasteiger partial charge in [-0.1, -0.05) is 0 Å². The van der Waals surface area contributed by atoms with Crippen molar-refractivity contribution in [2.75, 3.05) is 11.9 Å². The zero-order valence-electron chi connectivity index (χ0n) is 9.62. The van der Waals surface area contributed by atoms with Crippen LogP contribution in [-0.4, -0.2) is 23.5 Å². The van der Waals surface area contributed by atoms with E-state index in [2.05, 4.69) is 5.32 Å². The first-order chi connectivity index (χ1) is 8.75. The summed E-state index contributed by atoms with van der Waals surface area (Å²) in [7, 11) is 0. The molecular formula is C11H11F3N2O3. The van der Waals surface area contributed by atoms with E-state index in [0.29, 0.717) is 12.1 Å². The van der Waals surface area contributed by atoms with Gasteiger partial charge < -0.3 is 16.2 Å². The van der Waals surface area contributed by atoms with Crippen molar-refractivity contribution in [3.8, 4) is 0 Å². The third kappa shape index (κ3) is 3.95. The highest BCUT2D eigenvalue weighted by Gasteiger charge is 2.31. The van der Waals surface area contributed by atoms with Crippen molar-refractivity contribution in [2.45, 2.75) is 12.6 Å². The largest absolute Gasteiger partial charge is 0.478 e. The lowest BCUT2D eigenvalue weighted by atomic mass is 10.1. The Morgan fingerprint density at radius 1 is 1.32 bits per heavy atom. The Kier molecular flexibility index (Phi) is 4.49. The maximum atomic E-state index is 12.5. The van der Waals surface area contributed by atoms with E-state index < -0.39 is 34.9 Å². The van der Waals surface area contributed by atoms with Gasteiger partial charge in [0.15, 0.2) is 0 Å². The molecule has 0 aromatic heterocycles. The van der Waals surface area contributed by atoms with E-state index in [4.69, 9.17) is 10.8 Å². The molecule has 0 heterocycles. The van der Waals surface area contributed by atoms with Crippen LogP contribution in [0.4, 0.5) is 18.9 Å². The fraction of sp³-hybridized carbons (Fsp3) is 0.273. The van der Waals surface area contributed by atoms with Crippen LogP contribution < -0.4 is 11.1 Å². The Balaban J connectivity index is 3.16. The van der Waals surface area contributed by atoms with E-state index in [1.165, 1.54) is 0 Å². The maximum absolute atomic E-state index is 12.5. The first-order valence-corrected chi connectivity index (χ1v) is 5.20. The van der Waals surface area contributed by atoms with Crippen molar-refractivity contribution in [1.82, 2.24) is 0 Å². The average Bonchev–Trinajstić information content (AvgIpc) is 2.27. The van der Waals surface area contributed by atoms with Crippen molar-refractivity contribution < 1.29 is 27.9 Å². The number of hydrogen-bond acceptors (Lipinski definition) is 3. The lowest BCUT2D eigenvalue weighted by Crippen LogP contribution is -2.19. The van der Waals surface area contributed by atoms with Gasteiger partial charge in [-0.2, -0.15) is 13.2 Å². The van der Waals surface area contributed by atoms with Crippen molar-refractivity contribution in [3.05, 3.63) is 29.3 Å². The van der Waals surface area contributed by atoms with Crippen LogP contribution in [0.15, 0.2) is 18.2 Å². The van der Waals surface area contributed by atoms with Crippen LogP contribution in [0.1, 0.15) is 22.3 Å². The molecule has 1 aromatic rings. The number of carbonyl (C=O) groups excluding carboxylic acids is 1. The third-order valence-corrected chi connectivity index (χ3v) is 2.22. The summed E-state index contributed by atoms with van der Waals surface area (Å²) in [4.78, 5) is 22.1. The lowest BCUT2D eigenvalue weighted by Gasteiger charge is -2.12. The number of nitrogens with two attached hydrogens (primary N) is 1. The molecule has 0 fully saturated rings. The zero-order valence-corrected chi connectivity index (χ0v) is 9.62. The van der Waals surface area contributed by atoms with Crippen LogP contribution in [0.3, 0.4) is 0 Å². The Morgan fingerprint density at radius 3 is 2.42 bits per heavy atom. The van der Waals surface area contributed by atoms with Gasteiger partial charge in [0.2, 0.25) is 5.91 Å². The second kappa shape index (κ2) is 5.70. The molecule has 4 N–H and O–H groups in total. The topological polar surface area (TPSA) is 92.4 Å². The maximum Gasteiger partial charge on any atom is 0.416 e. The molecule has 0 radical (unpaired) electrons. The Morgan fingerprint density at radius 2 is 1.95 bits per heavy atom. The number of amides is 1. The standard InChI is InChI=1S/C11H11F3N2O3/c12-11(13,14)6-1-2-7(10(18)19)8(5-6)16-9(17)3-4-15/h1-2,5H,3-4,15H2,(H,16,17)(H,18,19). The number of rotatable bonds is 4. The van der Waals surface area contributed by atoms with Crippen molar-refractivity contribution in [1.29, 1.82) is 0 Å². The number of anilines is 1. The van der Waals surface area contributed by atoms with Gasteiger partial charge in [-0.15, -0.1) is 0 Å². The summed E-state index contributed by atoms with van der Waals surface area (Å²) in [6.07, 6.45) is -4.74. The summed E-state index contributed by atoms with van der Waals surface area (Å²) in [6, 6.07) is 2.02. The van der Waals surface area contributed by atoms with Gasteiger partial charge in [-0.05, 0) is 18.2 Å². The third-order valence-electron chi connectivity index (χ3n) is 2.22. The van der Waals surface area contributed by atoms with Gasteiger partial charge in [-0.3, -0.25) is 4.79 Å². The van der Waals surface area contributed by atoms with Crippen LogP contribution >= 0.6 is 0 Å². The highest BCUT2D eigenvalue weighted by atomic mass is 19.4. The minimum atomic E-state index is -4.62. The van der Waals surface area contributed by atoms with E-state index in [1.807, 2.05) is 0 Å². The van der Waals surface area contributed by atoms with Crippen LogP contribution in [0.25, 0.3) is 0 Å². The quantitative estimate of drug-likeness (QED) is 0.780. The number of carboxylic acids is 1. The van der Waals surface area contributed by atoms with Gasteiger partial charge in [0.25, 0.3) is 0 Å². The fourth-order valence-corrected chi connectivity index (χ4v) is 1.35. The van der Waals surface area contributed by atoms with E-state index in [-0.39, 0.29) is 13.0 Å². The molecule has 1 rings (SSSR count). The van der Waals surface area contributed by atoms with Gasteiger partial charge in [0.1, 0.15) is 0 Å². The smallest absolute Gasteiger partial charge is 0.416 e. The summed E-state index contributed by atoms with van der Waals surface area (Å²) < 4.78 is 37.5. The number of halogens is 3. The van der Waals surface area contributed by atoms with Gasteiger partial charge in [0, 0.05) is 13.0 Å². The average molecular weight is 276 g/mol.